The van der Waals surface area contributed by atoms with Gasteiger partial charge in [0.1, 0.15) is 0 Å². The number of rotatable bonds is 7. The fourth-order valence-electron chi connectivity index (χ4n) is 2.61. The van der Waals surface area contributed by atoms with E-state index in [0.29, 0.717) is 32.3 Å². The molecule has 1 heterocycles. The summed E-state index contributed by atoms with van der Waals surface area (Å²) in [5, 5.41) is 15.2. The summed E-state index contributed by atoms with van der Waals surface area (Å²) in [6, 6.07) is 12.2. The molecule has 30 heavy (non-hydrogen) atoms. The average molecular weight is 464 g/mol. The summed E-state index contributed by atoms with van der Waals surface area (Å²) >= 11 is 13.1. The van der Waals surface area contributed by atoms with E-state index < -0.39 is 0 Å². The van der Waals surface area contributed by atoms with Crippen LogP contribution in [-0.2, 0) is 18.4 Å². The normalized spacial score (nSPS) is 10.7. The first-order valence-corrected chi connectivity index (χ1v) is 10.7. The summed E-state index contributed by atoms with van der Waals surface area (Å²) in [6.45, 7) is 2.11. The van der Waals surface area contributed by atoms with Gasteiger partial charge in [0.25, 0.3) is 5.91 Å². The minimum atomic E-state index is -0.212. The van der Waals surface area contributed by atoms with Crippen LogP contribution in [0.3, 0.4) is 0 Å². The maximum absolute atomic E-state index is 12.3. The van der Waals surface area contributed by atoms with Crippen molar-refractivity contribution < 1.29 is 9.59 Å². The van der Waals surface area contributed by atoms with Crippen LogP contribution >= 0.6 is 35.0 Å². The molecule has 0 unspecified atom stereocenters. The van der Waals surface area contributed by atoms with Gasteiger partial charge >= 0.3 is 0 Å². The Balaban J connectivity index is 1.53. The van der Waals surface area contributed by atoms with Crippen LogP contribution in [-0.4, -0.2) is 32.3 Å². The molecule has 0 saturated heterocycles. The molecular weight excluding hydrogens is 445 g/mol. The summed E-state index contributed by atoms with van der Waals surface area (Å²) < 4.78 is 1.75. The number of carbonyl (C=O) groups is 2. The van der Waals surface area contributed by atoms with Crippen LogP contribution in [0.4, 0.5) is 5.69 Å². The maximum Gasteiger partial charge on any atom is 0.251 e. The van der Waals surface area contributed by atoms with Crippen LogP contribution < -0.4 is 10.6 Å². The minimum Gasteiger partial charge on any atom is -0.345 e. The number of carbonyl (C=O) groups excluding carboxylic acids is 2. The van der Waals surface area contributed by atoms with Crippen LogP contribution in [0.25, 0.3) is 0 Å². The molecule has 0 radical (unpaired) electrons. The molecule has 0 aliphatic carbocycles. The third-order valence-electron chi connectivity index (χ3n) is 4.26. The highest BCUT2D eigenvalue weighted by molar-refractivity contribution is 7.99. The first-order valence-electron chi connectivity index (χ1n) is 8.95. The van der Waals surface area contributed by atoms with Gasteiger partial charge in [-0.05, 0) is 36.8 Å². The molecule has 0 spiro atoms. The molecule has 3 rings (SSSR count). The minimum absolute atomic E-state index is 0.141. The summed E-state index contributed by atoms with van der Waals surface area (Å²) in [5.74, 6) is 0.341. The summed E-state index contributed by atoms with van der Waals surface area (Å²) in [4.78, 5) is 24.5. The van der Waals surface area contributed by atoms with Gasteiger partial charge in [-0.2, -0.15) is 0 Å². The highest BCUT2D eigenvalue weighted by Crippen LogP contribution is 2.25. The van der Waals surface area contributed by atoms with Crippen molar-refractivity contribution in [3.8, 4) is 0 Å². The molecular formula is C20H19Cl2N5O2S. The number of hydrogen-bond donors (Lipinski definition) is 2. The van der Waals surface area contributed by atoms with Gasteiger partial charge in [0, 0.05) is 18.3 Å². The number of aromatic nitrogens is 3. The molecule has 0 bridgehead atoms. The Morgan fingerprint density at radius 2 is 1.87 bits per heavy atom. The fourth-order valence-corrected chi connectivity index (χ4v) is 3.64. The van der Waals surface area contributed by atoms with E-state index in [1.54, 1.807) is 35.9 Å². The molecule has 7 nitrogen and oxygen atoms in total. The van der Waals surface area contributed by atoms with Gasteiger partial charge < -0.3 is 15.2 Å². The molecule has 0 aliphatic heterocycles. The van der Waals surface area contributed by atoms with Gasteiger partial charge in [0.2, 0.25) is 5.91 Å². The topological polar surface area (TPSA) is 88.9 Å². The lowest BCUT2D eigenvalue weighted by Crippen LogP contribution is -2.25. The molecule has 3 aromatic rings. The summed E-state index contributed by atoms with van der Waals surface area (Å²) in [6.07, 6.45) is 0. The van der Waals surface area contributed by atoms with E-state index in [9.17, 15) is 9.59 Å². The van der Waals surface area contributed by atoms with Crippen LogP contribution in [0.5, 0.6) is 0 Å². The van der Waals surface area contributed by atoms with Gasteiger partial charge in [0.15, 0.2) is 11.0 Å². The molecule has 156 valence electrons. The van der Waals surface area contributed by atoms with E-state index in [1.165, 1.54) is 11.8 Å². The molecule has 10 heteroatoms. The second-order valence-corrected chi connectivity index (χ2v) is 8.18. The smallest absolute Gasteiger partial charge is 0.251 e. The number of thioether (sulfide) groups is 1. The van der Waals surface area contributed by atoms with E-state index in [1.807, 2.05) is 25.1 Å². The fraction of sp³-hybridized carbons (Fsp3) is 0.200. The third kappa shape index (κ3) is 5.53. The maximum atomic E-state index is 12.3. The molecule has 0 aliphatic rings. The molecule has 0 atom stereocenters. The highest BCUT2D eigenvalue weighted by Gasteiger charge is 2.14. The average Bonchev–Trinajstić information content (AvgIpc) is 3.07. The van der Waals surface area contributed by atoms with Crippen molar-refractivity contribution in [2.45, 2.75) is 18.6 Å². The van der Waals surface area contributed by atoms with Gasteiger partial charge in [-0.15, -0.1) is 10.2 Å². The Bertz CT molecular complexity index is 1090. The lowest BCUT2D eigenvalue weighted by atomic mass is 10.1. The van der Waals surface area contributed by atoms with Gasteiger partial charge in [-0.1, -0.05) is 53.2 Å². The Labute approximate surface area is 188 Å². The van der Waals surface area contributed by atoms with Crippen molar-refractivity contribution in [3.63, 3.8) is 0 Å². The van der Waals surface area contributed by atoms with Gasteiger partial charge in [-0.3, -0.25) is 9.59 Å². The molecule has 2 aromatic carbocycles. The van der Waals surface area contributed by atoms with E-state index >= 15 is 0 Å². The number of anilines is 1. The number of nitrogens with zero attached hydrogens (tertiary/aromatic N) is 3. The number of halogens is 2. The van der Waals surface area contributed by atoms with Crippen molar-refractivity contribution in [2.75, 3.05) is 11.1 Å². The zero-order valence-electron chi connectivity index (χ0n) is 16.3. The van der Waals surface area contributed by atoms with Crippen molar-refractivity contribution in [1.82, 2.24) is 20.1 Å². The zero-order chi connectivity index (χ0) is 21.7. The van der Waals surface area contributed by atoms with Crippen molar-refractivity contribution >= 4 is 52.5 Å². The quantitative estimate of drug-likeness (QED) is 0.515. The summed E-state index contributed by atoms with van der Waals surface area (Å²) in [5.41, 5.74) is 2.08. The lowest BCUT2D eigenvalue weighted by molar-refractivity contribution is -0.113. The van der Waals surface area contributed by atoms with Crippen LogP contribution in [0.1, 0.15) is 21.7 Å². The second kappa shape index (κ2) is 9.97. The molecule has 0 fully saturated rings. The molecule has 2 amide bonds. The largest absolute Gasteiger partial charge is 0.345 e. The van der Waals surface area contributed by atoms with Crippen molar-refractivity contribution in [1.29, 1.82) is 0 Å². The van der Waals surface area contributed by atoms with E-state index in [2.05, 4.69) is 20.8 Å². The van der Waals surface area contributed by atoms with Crippen LogP contribution in [0.2, 0.25) is 10.0 Å². The first-order chi connectivity index (χ1) is 14.3. The zero-order valence-corrected chi connectivity index (χ0v) is 18.6. The number of benzene rings is 2. The van der Waals surface area contributed by atoms with E-state index in [0.717, 1.165) is 5.56 Å². The Morgan fingerprint density at radius 3 is 2.60 bits per heavy atom. The predicted octanol–water partition coefficient (Wildman–Crippen LogP) is 4.09. The Kier molecular flexibility index (Phi) is 7.36. The first kappa shape index (κ1) is 22.1. The third-order valence-corrected chi connectivity index (χ3v) is 6.02. The summed E-state index contributed by atoms with van der Waals surface area (Å²) in [7, 11) is 1.79. The monoisotopic (exact) mass is 463 g/mol. The van der Waals surface area contributed by atoms with E-state index in [-0.39, 0.29) is 24.1 Å². The van der Waals surface area contributed by atoms with E-state index in [4.69, 9.17) is 23.2 Å². The number of nitrogens with one attached hydrogen (secondary N) is 2. The Hall–Kier alpha value is -2.55. The predicted molar refractivity (Wildman–Crippen MR) is 119 cm³/mol. The second-order valence-electron chi connectivity index (χ2n) is 6.42. The van der Waals surface area contributed by atoms with Crippen LogP contribution in [0, 0.1) is 6.92 Å². The van der Waals surface area contributed by atoms with Gasteiger partial charge in [0.05, 0.1) is 22.3 Å². The van der Waals surface area contributed by atoms with Gasteiger partial charge in [-0.25, -0.2) is 0 Å². The van der Waals surface area contributed by atoms with Crippen molar-refractivity contribution in [2.24, 2.45) is 7.05 Å². The number of amides is 2. The van der Waals surface area contributed by atoms with Crippen molar-refractivity contribution in [3.05, 3.63) is 69.5 Å². The molecule has 0 saturated carbocycles. The molecule has 1 aromatic heterocycles. The molecule has 2 N–H and O–H groups in total. The standard InChI is InChI=1S/C20H19Cl2N5O2S/c1-12-5-3-4-6-14(12)19(29)23-10-17-25-26-20(27(17)2)30-11-18(28)24-13-7-8-15(21)16(22)9-13/h3-9H,10-11H2,1-2H3,(H,23,29)(H,24,28). The highest BCUT2D eigenvalue weighted by atomic mass is 35.5. The SMILES string of the molecule is Cc1ccccc1C(=O)NCc1nnc(SCC(=O)Nc2ccc(Cl)c(Cl)c2)n1C. The lowest BCUT2D eigenvalue weighted by Gasteiger charge is -2.08. The number of aryl methyl sites for hydroxylation is 1. The Morgan fingerprint density at radius 1 is 1.10 bits per heavy atom. The number of hydrogen-bond acceptors (Lipinski definition) is 5. The van der Waals surface area contributed by atoms with Crippen LogP contribution in [0.15, 0.2) is 47.6 Å².